The van der Waals surface area contributed by atoms with Crippen molar-refractivity contribution in [2.75, 3.05) is 20.3 Å². The summed E-state index contributed by atoms with van der Waals surface area (Å²) in [6.45, 7) is 4.87. The summed E-state index contributed by atoms with van der Waals surface area (Å²) in [6.07, 6.45) is -0.0370. The maximum Gasteiger partial charge on any atom is 0.328 e. The molecule has 0 aromatic heterocycles. The molecule has 1 rings (SSSR count). The van der Waals surface area contributed by atoms with Gasteiger partial charge in [0, 0.05) is 6.42 Å². The standard InChI is InChI=1S/C28H42N4O10/c1-5-41-27(38)20(29)8-7-9-21(26(36)37)31-23(33)15-14-22(28(39)42-6-2)32-25(35)17(3)30-24(34)16-18-10-12-19(40-4)13-11-18/h10-13,17,20-22H,5-9,14-16,29H2,1-4H3,(H,30,34)(H,31,33)(H,32,35)(H,36,37). The summed E-state index contributed by atoms with van der Waals surface area (Å²) in [5.74, 6) is -3.76. The number of ether oxygens (including phenoxy) is 3. The molecular formula is C28H42N4O10. The van der Waals surface area contributed by atoms with E-state index in [0.29, 0.717) is 11.3 Å². The molecule has 4 atom stereocenters. The summed E-state index contributed by atoms with van der Waals surface area (Å²) >= 11 is 0. The number of carboxylic acid groups (broad SMARTS) is 1. The second-order valence-electron chi connectivity index (χ2n) is 9.41. The summed E-state index contributed by atoms with van der Waals surface area (Å²) < 4.78 is 14.9. The van der Waals surface area contributed by atoms with E-state index in [0.717, 1.165) is 0 Å². The van der Waals surface area contributed by atoms with Crippen molar-refractivity contribution in [3.63, 3.8) is 0 Å². The number of carboxylic acids is 1. The van der Waals surface area contributed by atoms with Gasteiger partial charge in [-0.15, -0.1) is 0 Å². The number of benzene rings is 1. The molecule has 234 valence electrons. The fourth-order valence-corrected chi connectivity index (χ4v) is 3.78. The average Bonchev–Trinajstić information content (AvgIpc) is 2.94. The molecule has 0 spiro atoms. The molecule has 0 saturated heterocycles. The number of amides is 3. The molecule has 0 bridgehead atoms. The van der Waals surface area contributed by atoms with Crippen molar-refractivity contribution in [1.82, 2.24) is 16.0 Å². The van der Waals surface area contributed by atoms with Gasteiger partial charge in [0.2, 0.25) is 17.7 Å². The summed E-state index contributed by atoms with van der Waals surface area (Å²) in [5, 5.41) is 16.9. The Morgan fingerprint density at radius 3 is 2.02 bits per heavy atom. The predicted molar refractivity (Wildman–Crippen MR) is 150 cm³/mol. The number of rotatable bonds is 19. The van der Waals surface area contributed by atoms with Gasteiger partial charge in [-0.05, 0) is 64.2 Å². The Hall–Kier alpha value is -4.20. The highest BCUT2D eigenvalue weighted by Crippen LogP contribution is 2.12. The van der Waals surface area contributed by atoms with E-state index in [2.05, 4.69) is 16.0 Å². The molecule has 6 N–H and O–H groups in total. The van der Waals surface area contributed by atoms with Gasteiger partial charge >= 0.3 is 17.9 Å². The number of hydrogen-bond acceptors (Lipinski definition) is 10. The van der Waals surface area contributed by atoms with Crippen LogP contribution in [0.15, 0.2) is 24.3 Å². The molecule has 0 aliphatic heterocycles. The molecule has 0 aliphatic carbocycles. The summed E-state index contributed by atoms with van der Waals surface area (Å²) in [7, 11) is 1.53. The minimum absolute atomic E-state index is 0.0138. The zero-order chi connectivity index (χ0) is 31.7. The molecule has 4 unspecified atom stereocenters. The molecule has 14 heteroatoms. The van der Waals surface area contributed by atoms with Crippen molar-refractivity contribution < 1.29 is 48.1 Å². The van der Waals surface area contributed by atoms with E-state index in [1.165, 1.54) is 14.0 Å². The zero-order valence-electron chi connectivity index (χ0n) is 24.5. The van der Waals surface area contributed by atoms with Crippen LogP contribution in [-0.4, -0.2) is 85.2 Å². The second kappa shape index (κ2) is 19.0. The Balaban J connectivity index is 2.66. The Morgan fingerprint density at radius 2 is 1.45 bits per heavy atom. The van der Waals surface area contributed by atoms with Crippen molar-refractivity contribution >= 4 is 35.6 Å². The van der Waals surface area contributed by atoms with Gasteiger partial charge in [-0.3, -0.25) is 19.2 Å². The fourth-order valence-electron chi connectivity index (χ4n) is 3.78. The first kappa shape index (κ1) is 35.8. The molecule has 3 amide bonds. The van der Waals surface area contributed by atoms with Gasteiger partial charge in [-0.25, -0.2) is 9.59 Å². The number of methoxy groups -OCH3 is 1. The molecule has 0 heterocycles. The largest absolute Gasteiger partial charge is 0.497 e. The van der Waals surface area contributed by atoms with Crippen molar-refractivity contribution in [3.8, 4) is 5.75 Å². The first-order valence-electron chi connectivity index (χ1n) is 13.7. The SMILES string of the molecule is CCOC(=O)C(N)CCCC(NC(=O)CCC(NC(=O)C(C)NC(=O)Cc1ccc(OC)cc1)C(=O)OCC)C(=O)O. The quantitative estimate of drug-likeness (QED) is 0.136. The minimum atomic E-state index is -1.28. The van der Waals surface area contributed by atoms with Crippen molar-refractivity contribution in [1.29, 1.82) is 0 Å². The highest BCUT2D eigenvalue weighted by molar-refractivity contribution is 5.91. The van der Waals surface area contributed by atoms with Crippen molar-refractivity contribution in [2.24, 2.45) is 5.73 Å². The Bertz CT molecular complexity index is 1060. The topological polar surface area (TPSA) is 212 Å². The lowest BCUT2D eigenvalue weighted by Crippen LogP contribution is -2.51. The van der Waals surface area contributed by atoms with E-state index in [-0.39, 0.29) is 51.7 Å². The van der Waals surface area contributed by atoms with Crippen LogP contribution in [0.1, 0.15) is 58.4 Å². The van der Waals surface area contributed by atoms with Gasteiger partial charge < -0.3 is 41.0 Å². The van der Waals surface area contributed by atoms with Gasteiger partial charge in [0.05, 0.1) is 26.7 Å². The summed E-state index contributed by atoms with van der Waals surface area (Å²) in [6, 6.07) is 2.49. The fraction of sp³-hybridized carbons (Fsp3) is 0.571. The highest BCUT2D eigenvalue weighted by Gasteiger charge is 2.27. The number of carbonyl (C=O) groups is 6. The van der Waals surface area contributed by atoms with Crippen LogP contribution in [0.25, 0.3) is 0 Å². The maximum absolute atomic E-state index is 12.7. The lowest BCUT2D eigenvalue weighted by molar-refractivity contribution is -0.148. The number of nitrogens with one attached hydrogen (secondary N) is 3. The minimum Gasteiger partial charge on any atom is -0.497 e. The molecule has 1 aromatic rings. The molecule has 0 radical (unpaired) electrons. The average molecular weight is 595 g/mol. The monoisotopic (exact) mass is 594 g/mol. The van der Waals surface area contributed by atoms with Crippen molar-refractivity contribution in [3.05, 3.63) is 29.8 Å². The van der Waals surface area contributed by atoms with E-state index >= 15 is 0 Å². The molecule has 0 aliphatic rings. The van der Waals surface area contributed by atoms with Gasteiger partial charge in [0.15, 0.2) is 0 Å². The van der Waals surface area contributed by atoms with Gasteiger partial charge in [-0.2, -0.15) is 0 Å². The van der Waals surface area contributed by atoms with Crippen LogP contribution in [0.2, 0.25) is 0 Å². The number of esters is 2. The van der Waals surface area contributed by atoms with Crippen LogP contribution in [0.4, 0.5) is 0 Å². The number of hydrogen-bond donors (Lipinski definition) is 5. The van der Waals surface area contributed by atoms with Crippen LogP contribution in [0, 0.1) is 0 Å². The first-order valence-corrected chi connectivity index (χ1v) is 13.7. The maximum atomic E-state index is 12.7. The third-order valence-electron chi connectivity index (χ3n) is 6.07. The Morgan fingerprint density at radius 1 is 0.833 bits per heavy atom. The van der Waals surface area contributed by atoms with Gasteiger partial charge in [0.25, 0.3) is 0 Å². The van der Waals surface area contributed by atoms with Crippen molar-refractivity contribution in [2.45, 2.75) is 83.5 Å². The van der Waals surface area contributed by atoms with E-state index in [1.807, 2.05) is 0 Å². The zero-order valence-corrected chi connectivity index (χ0v) is 24.5. The molecule has 0 fully saturated rings. The molecule has 1 aromatic carbocycles. The second-order valence-corrected chi connectivity index (χ2v) is 9.41. The number of carbonyl (C=O) groups excluding carboxylic acids is 5. The molecule has 0 saturated carbocycles. The van der Waals surface area contributed by atoms with Crippen LogP contribution in [-0.2, 0) is 44.7 Å². The molecular weight excluding hydrogens is 552 g/mol. The normalized spacial score (nSPS) is 13.5. The van der Waals surface area contributed by atoms with E-state index in [9.17, 15) is 33.9 Å². The van der Waals surface area contributed by atoms with Crippen LogP contribution >= 0.6 is 0 Å². The number of nitrogens with two attached hydrogens (primary N) is 1. The molecule has 42 heavy (non-hydrogen) atoms. The Kier molecular flexibility index (Phi) is 16.2. The van der Waals surface area contributed by atoms with Gasteiger partial charge in [0.1, 0.15) is 29.9 Å². The summed E-state index contributed by atoms with van der Waals surface area (Å²) in [4.78, 5) is 73.4. The predicted octanol–water partition coefficient (Wildman–Crippen LogP) is 0.201. The third kappa shape index (κ3) is 13.4. The van der Waals surface area contributed by atoms with Gasteiger partial charge in [-0.1, -0.05) is 12.1 Å². The lowest BCUT2D eigenvalue weighted by Gasteiger charge is -2.21. The third-order valence-corrected chi connectivity index (χ3v) is 6.07. The lowest BCUT2D eigenvalue weighted by atomic mass is 10.0. The smallest absolute Gasteiger partial charge is 0.328 e. The summed E-state index contributed by atoms with van der Waals surface area (Å²) in [5.41, 5.74) is 6.42. The van der Waals surface area contributed by atoms with Crippen LogP contribution in [0.5, 0.6) is 5.75 Å². The van der Waals surface area contributed by atoms with E-state index in [1.54, 1.807) is 38.1 Å². The van der Waals surface area contributed by atoms with E-state index in [4.69, 9.17) is 19.9 Å². The molecule has 14 nitrogen and oxygen atoms in total. The van der Waals surface area contributed by atoms with E-state index < -0.39 is 59.8 Å². The van der Waals surface area contributed by atoms with Crippen LogP contribution in [0.3, 0.4) is 0 Å². The first-order chi connectivity index (χ1) is 19.9. The number of aliphatic carboxylic acids is 1. The van der Waals surface area contributed by atoms with Crippen LogP contribution < -0.4 is 26.4 Å². The Labute approximate surface area is 245 Å². The highest BCUT2D eigenvalue weighted by atomic mass is 16.5.